The number of aromatic nitrogens is 1. The molecular weight excluding hydrogens is 372 g/mol. The van der Waals surface area contributed by atoms with E-state index < -0.39 is 11.9 Å². The molecule has 0 saturated heterocycles. The Hall–Kier alpha value is -3.61. The Morgan fingerprint density at radius 1 is 1.07 bits per heavy atom. The van der Waals surface area contributed by atoms with Crippen LogP contribution < -0.4 is 10.1 Å². The lowest BCUT2D eigenvalue weighted by atomic mass is 10.2. The molecule has 1 N–H and O–H groups in total. The van der Waals surface area contributed by atoms with E-state index in [-0.39, 0.29) is 6.61 Å². The van der Waals surface area contributed by atoms with Crippen molar-refractivity contribution in [2.24, 2.45) is 0 Å². The largest absolute Gasteiger partial charge is 0.489 e. The number of amides is 1. The van der Waals surface area contributed by atoms with Gasteiger partial charge in [-0.05, 0) is 62.7 Å². The van der Waals surface area contributed by atoms with Crippen LogP contribution in [-0.4, -0.2) is 23.6 Å². The summed E-state index contributed by atoms with van der Waals surface area (Å²) in [5, 5.41) is 6.57. The molecule has 1 heterocycles. The SMILES string of the molecule is Cc1cccc(NC(=O)COC(=O)c2ccc(OCc3c(C)noc3C)cc2)c1. The number of anilines is 1. The minimum atomic E-state index is -0.582. The van der Waals surface area contributed by atoms with Gasteiger partial charge >= 0.3 is 5.97 Å². The van der Waals surface area contributed by atoms with Gasteiger partial charge in [0.1, 0.15) is 18.1 Å². The van der Waals surface area contributed by atoms with E-state index in [4.69, 9.17) is 14.0 Å². The summed E-state index contributed by atoms with van der Waals surface area (Å²) < 4.78 is 15.9. The van der Waals surface area contributed by atoms with Gasteiger partial charge in [0.05, 0.1) is 16.8 Å². The summed E-state index contributed by atoms with van der Waals surface area (Å²) in [5.41, 5.74) is 3.69. The lowest BCUT2D eigenvalue weighted by molar-refractivity contribution is -0.119. The van der Waals surface area contributed by atoms with E-state index in [2.05, 4.69) is 10.5 Å². The molecule has 0 aliphatic carbocycles. The van der Waals surface area contributed by atoms with Crippen molar-refractivity contribution in [3.8, 4) is 5.75 Å². The zero-order valence-corrected chi connectivity index (χ0v) is 16.5. The van der Waals surface area contributed by atoms with Gasteiger partial charge in [-0.3, -0.25) is 4.79 Å². The van der Waals surface area contributed by atoms with Crippen molar-refractivity contribution in [2.75, 3.05) is 11.9 Å². The number of carbonyl (C=O) groups is 2. The lowest BCUT2D eigenvalue weighted by Crippen LogP contribution is -2.20. The van der Waals surface area contributed by atoms with Crippen LogP contribution >= 0.6 is 0 Å². The molecule has 1 aromatic heterocycles. The van der Waals surface area contributed by atoms with Crippen molar-refractivity contribution in [3.05, 3.63) is 76.7 Å². The molecule has 1 amide bonds. The molecule has 0 aliphatic heterocycles. The van der Waals surface area contributed by atoms with Crippen LogP contribution in [0.2, 0.25) is 0 Å². The molecule has 150 valence electrons. The smallest absolute Gasteiger partial charge is 0.338 e. The van der Waals surface area contributed by atoms with Crippen molar-refractivity contribution in [3.63, 3.8) is 0 Å². The number of rotatable bonds is 7. The normalized spacial score (nSPS) is 10.4. The van der Waals surface area contributed by atoms with Crippen molar-refractivity contribution in [1.29, 1.82) is 0 Å². The minimum absolute atomic E-state index is 0.324. The van der Waals surface area contributed by atoms with Crippen LogP contribution in [0.3, 0.4) is 0 Å². The van der Waals surface area contributed by atoms with Gasteiger partial charge in [-0.25, -0.2) is 4.79 Å². The molecular formula is C22H22N2O5. The highest BCUT2D eigenvalue weighted by Gasteiger charge is 2.12. The zero-order valence-electron chi connectivity index (χ0n) is 16.5. The first kappa shape index (κ1) is 20.1. The molecule has 0 bridgehead atoms. The maximum Gasteiger partial charge on any atom is 0.338 e. The summed E-state index contributed by atoms with van der Waals surface area (Å²) in [6, 6.07) is 13.9. The zero-order chi connectivity index (χ0) is 20.8. The Morgan fingerprint density at radius 3 is 2.48 bits per heavy atom. The van der Waals surface area contributed by atoms with Crippen molar-refractivity contribution < 1.29 is 23.6 Å². The summed E-state index contributed by atoms with van der Waals surface area (Å²) in [4.78, 5) is 24.1. The Bertz CT molecular complexity index is 989. The third kappa shape index (κ3) is 5.44. The Morgan fingerprint density at radius 2 is 1.83 bits per heavy atom. The molecule has 0 unspecified atom stereocenters. The summed E-state index contributed by atoms with van der Waals surface area (Å²) in [5.74, 6) is 0.329. The topological polar surface area (TPSA) is 90.7 Å². The number of hydrogen-bond donors (Lipinski definition) is 1. The highest BCUT2D eigenvalue weighted by molar-refractivity contribution is 5.95. The van der Waals surface area contributed by atoms with E-state index in [0.717, 1.165) is 16.8 Å². The number of esters is 1. The van der Waals surface area contributed by atoms with Gasteiger partial charge in [0.2, 0.25) is 0 Å². The highest BCUT2D eigenvalue weighted by Crippen LogP contribution is 2.18. The molecule has 0 radical (unpaired) electrons. The van der Waals surface area contributed by atoms with Gasteiger partial charge in [-0.2, -0.15) is 0 Å². The Labute approximate surface area is 168 Å². The number of carbonyl (C=O) groups excluding carboxylic acids is 2. The third-order valence-electron chi connectivity index (χ3n) is 4.29. The summed E-state index contributed by atoms with van der Waals surface area (Å²) in [6.45, 7) is 5.56. The molecule has 0 saturated carbocycles. The first-order chi connectivity index (χ1) is 13.9. The number of ether oxygens (including phenoxy) is 2. The molecule has 3 rings (SSSR count). The Balaban J connectivity index is 1.49. The van der Waals surface area contributed by atoms with Crippen LogP contribution in [0.15, 0.2) is 53.1 Å². The van der Waals surface area contributed by atoms with Crippen LogP contribution in [0.5, 0.6) is 5.75 Å². The van der Waals surface area contributed by atoms with Gasteiger partial charge in [0, 0.05) is 5.69 Å². The second kappa shape index (κ2) is 9.05. The first-order valence-electron chi connectivity index (χ1n) is 9.10. The fourth-order valence-electron chi connectivity index (χ4n) is 2.69. The number of nitrogens with zero attached hydrogens (tertiary/aromatic N) is 1. The van der Waals surface area contributed by atoms with Gasteiger partial charge in [0.15, 0.2) is 6.61 Å². The quantitative estimate of drug-likeness (QED) is 0.610. The molecule has 0 atom stereocenters. The van der Waals surface area contributed by atoms with Crippen LogP contribution in [0.1, 0.15) is 32.9 Å². The first-order valence-corrected chi connectivity index (χ1v) is 9.10. The van der Waals surface area contributed by atoms with Crippen LogP contribution in [0, 0.1) is 20.8 Å². The highest BCUT2D eigenvalue weighted by atomic mass is 16.5. The van der Waals surface area contributed by atoms with Crippen LogP contribution in [-0.2, 0) is 16.1 Å². The fourth-order valence-corrected chi connectivity index (χ4v) is 2.69. The molecule has 3 aromatic rings. The summed E-state index contributed by atoms with van der Waals surface area (Å²) in [7, 11) is 0. The summed E-state index contributed by atoms with van der Waals surface area (Å²) >= 11 is 0. The second-order valence-electron chi connectivity index (χ2n) is 6.61. The predicted octanol–water partition coefficient (Wildman–Crippen LogP) is 3.97. The molecule has 29 heavy (non-hydrogen) atoms. The minimum Gasteiger partial charge on any atom is -0.489 e. The number of aryl methyl sites for hydroxylation is 3. The Kier molecular flexibility index (Phi) is 6.29. The number of benzene rings is 2. The molecule has 7 heteroatoms. The van der Waals surface area contributed by atoms with E-state index >= 15 is 0 Å². The average Bonchev–Trinajstić information content (AvgIpc) is 3.02. The van der Waals surface area contributed by atoms with Gasteiger partial charge < -0.3 is 19.3 Å². The van der Waals surface area contributed by atoms with Crippen LogP contribution in [0.4, 0.5) is 5.69 Å². The number of hydrogen-bond acceptors (Lipinski definition) is 6. The van der Waals surface area contributed by atoms with Gasteiger partial charge in [-0.15, -0.1) is 0 Å². The standard InChI is InChI=1S/C22H22N2O5/c1-14-5-4-6-18(11-14)23-21(25)13-28-22(26)17-7-9-19(10-8-17)27-12-20-15(2)24-29-16(20)3/h4-11H,12-13H2,1-3H3,(H,23,25). The molecule has 2 aromatic carbocycles. The van der Waals surface area contributed by atoms with E-state index in [0.29, 0.717) is 29.4 Å². The maximum absolute atomic E-state index is 12.1. The van der Waals surface area contributed by atoms with Gasteiger partial charge in [0.25, 0.3) is 5.91 Å². The molecule has 0 aliphatic rings. The van der Waals surface area contributed by atoms with Crippen LogP contribution in [0.25, 0.3) is 0 Å². The number of nitrogens with one attached hydrogen (secondary N) is 1. The fraction of sp³-hybridized carbons (Fsp3) is 0.227. The second-order valence-corrected chi connectivity index (χ2v) is 6.61. The monoisotopic (exact) mass is 394 g/mol. The van der Waals surface area contributed by atoms with Crippen molar-refractivity contribution in [1.82, 2.24) is 5.16 Å². The van der Waals surface area contributed by atoms with Crippen molar-refractivity contribution in [2.45, 2.75) is 27.4 Å². The van der Waals surface area contributed by atoms with Crippen molar-refractivity contribution >= 4 is 17.6 Å². The van der Waals surface area contributed by atoms with E-state index in [1.54, 1.807) is 30.3 Å². The lowest BCUT2D eigenvalue weighted by Gasteiger charge is -2.08. The van der Waals surface area contributed by atoms with E-state index in [9.17, 15) is 9.59 Å². The molecule has 0 fully saturated rings. The third-order valence-corrected chi connectivity index (χ3v) is 4.29. The van der Waals surface area contributed by atoms with E-state index in [1.807, 2.05) is 39.0 Å². The maximum atomic E-state index is 12.1. The summed E-state index contributed by atoms with van der Waals surface area (Å²) in [6.07, 6.45) is 0. The average molecular weight is 394 g/mol. The van der Waals surface area contributed by atoms with Gasteiger partial charge in [-0.1, -0.05) is 17.3 Å². The predicted molar refractivity (Wildman–Crippen MR) is 107 cm³/mol. The molecule has 7 nitrogen and oxygen atoms in total. The molecule has 0 spiro atoms. The van der Waals surface area contributed by atoms with E-state index in [1.165, 1.54) is 0 Å².